The summed E-state index contributed by atoms with van der Waals surface area (Å²) in [4.78, 5) is 4.48. The van der Waals surface area contributed by atoms with Gasteiger partial charge in [0.15, 0.2) is 0 Å². The minimum absolute atomic E-state index is 0.259. The van der Waals surface area contributed by atoms with Crippen molar-refractivity contribution in [2.24, 2.45) is 0 Å². The summed E-state index contributed by atoms with van der Waals surface area (Å²) in [5, 5.41) is 6.71. The minimum Gasteiger partial charge on any atom is -0.472 e. The van der Waals surface area contributed by atoms with E-state index in [4.69, 9.17) is 4.42 Å². The van der Waals surface area contributed by atoms with Crippen LogP contribution in [0.4, 0.5) is 0 Å². The highest BCUT2D eigenvalue weighted by atomic mass is 32.1. The van der Waals surface area contributed by atoms with Crippen molar-refractivity contribution >= 4 is 11.3 Å². The number of nitrogens with one attached hydrogen (secondary N) is 1. The van der Waals surface area contributed by atoms with Crippen LogP contribution in [0.5, 0.6) is 0 Å². The summed E-state index contributed by atoms with van der Waals surface area (Å²) in [6.07, 6.45) is 3.47. The summed E-state index contributed by atoms with van der Waals surface area (Å²) in [5.41, 5.74) is 2.27. The van der Waals surface area contributed by atoms with E-state index in [-0.39, 0.29) is 12.1 Å². The molecule has 0 saturated carbocycles. The molecule has 2 unspecified atom stereocenters. The average Bonchev–Trinajstić information content (AvgIpc) is 2.87. The number of furan rings is 1. The zero-order valence-electron chi connectivity index (χ0n) is 9.73. The lowest BCUT2D eigenvalue weighted by molar-refractivity contribution is 0.480. The molecule has 2 aromatic rings. The van der Waals surface area contributed by atoms with Crippen LogP contribution in [0.3, 0.4) is 0 Å². The second-order valence-corrected chi connectivity index (χ2v) is 5.02. The molecule has 1 N–H and O–H groups in total. The fourth-order valence-corrected chi connectivity index (χ4v) is 2.36. The van der Waals surface area contributed by atoms with Crippen LogP contribution >= 0.6 is 11.3 Å². The van der Waals surface area contributed by atoms with E-state index in [9.17, 15) is 0 Å². The van der Waals surface area contributed by atoms with Gasteiger partial charge in [0.05, 0.1) is 23.2 Å². The second-order valence-electron chi connectivity index (χ2n) is 3.96. The summed E-state index contributed by atoms with van der Waals surface area (Å²) in [5.74, 6) is 0. The van der Waals surface area contributed by atoms with E-state index in [1.54, 1.807) is 23.9 Å². The highest BCUT2D eigenvalue weighted by molar-refractivity contribution is 7.09. The normalized spacial score (nSPS) is 14.9. The highest BCUT2D eigenvalue weighted by Crippen LogP contribution is 2.20. The lowest BCUT2D eigenvalue weighted by atomic mass is 10.1. The van der Waals surface area contributed by atoms with Crippen LogP contribution in [0.2, 0.25) is 0 Å². The van der Waals surface area contributed by atoms with E-state index >= 15 is 0 Å². The zero-order chi connectivity index (χ0) is 11.5. The summed E-state index contributed by atoms with van der Waals surface area (Å²) >= 11 is 1.69. The molecule has 0 radical (unpaired) electrons. The van der Waals surface area contributed by atoms with Crippen LogP contribution in [0, 0.1) is 6.92 Å². The SMILES string of the molecule is Cc1nc(C(C)NC(C)c2ccoc2)cs1. The lowest BCUT2D eigenvalue weighted by Gasteiger charge is -2.17. The first-order valence-electron chi connectivity index (χ1n) is 5.37. The van der Waals surface area contributed by atoms with Gasteiger partial charge in [-0.25, -0.2) is 4.98 Å². The van der Waals surface area contributed by atoms with Crippen molar-refractivity contribution in [3.8, 4) is 0 Å². The molecule has 4 heteroatoms. The van der Waals surface area contributed by atoms with Gasteiger partial charge in [0.2, 0.25) is 0 Å². The van der Waals surface area contributed by atoms with Crippen LogP contribution in [-0.4, -0.2) is 4.98 Å². The minimum atomic E-state index is 0.259. The third-order valence-electron chi connectivity index (χ3n) is 2.62. The van der Waals surface area contributed by atoms with Crippen molar-refractivity contribution < 1.29 is 4.42 Å². The Hall–Kier alpha value is -1.13. The van der Waals surface area contributed by atoms with Gasteiger partial charge in [-0.05, 0) is 26.8 Å². The molecule has 0 aliphatic heterocycles. The largest absolute Gasteiger partial charge is 0.472 e. The Bertz CT molecular complexity index is 436. The molecule has 0 aliphatic rings. The molecule has 2 heterocycles. The predicted molar refractivity (Wildman–Crippen MR) is 65.5 cm³/mol. The van der Waals surface area contributed by atoms with E-state index in [2.05, 4.69) is 29.5 Å². The van der Waals surface area contributed by atoms with Crippen LogP contribution in [0.15, 0.2) is 28.4 Å². The average molecular weight is 236 g/mol. The summed E-state index contributed by atoms with van der Waals surface area (Å²) in [7, 11) is 0. The molecule has 3 nitrogen and oxygen atoms in total. The zero-order valence-corrected chi connectivity index (χ0v) is 10.5. The first kappa shape index (κ1) is 11.4. The number of nitrogens with zero attached hydrogens (tertiary/aromatic N) is 1. The number of thiazole rings is 1. The van der Waals surface area contributed by atoms with Gasteiger partial charge in [-0.15, -0.1) is 11.3 Å². The van der Waals surface area contributed by atoms with Gasteiger partial charge in [-0.3, -0.25) is 0 Å². The second kappa shape index (κ2) is 4.80. The quantitative estimate of drug-likeness (QED) is 0.883. The van der Waals surface area contributed by atoms with Crippen molar-refractivity contribution in [3.63, 3.8) is 0 Å². The van der Waals surface area contributed by atoms with Crippen molar-refractivity contribution in [2.45, 2.75) is 32.9 Å². The molecule has 0 aliphatic carbocycles. The van der Waals surface area contributed by atoms with Crippen molar-refractivity contribution in [3.05, 3.63) is 40.2 Å². The topological polar surface area (TPSA) is 38.1 Å². The molecule has 2 atom stereocenters. The van der Waals surface area contributed by atoms with E-state index in [1.165, 1.54) is 5.56 Å². The first-order chi connectivity index (χ1) is 7.66. The third kappa shape index (κ3) is 2.51. The predicted octanol–water partition coefficient (Wildman–Crippen LogP) is 3.46. The Morgan fingerprint density at radius 1 is 1.38 bits per heavy atom. The van der Waals surface area contributed by atoms with Gasteiger partial charge < -0.3 is 9.73 Å². The Balaban J connectivity index is 2.00. The lowest BCUT2D eigenvalue weighted by Crippen LogP contribution is -2.22. The molecule has 0 amide bonds. The molecule has 16 heavy (non-hydrogen) atoms. The fraction of sp³-hybridized carbons (Fsp3) is 0.417. The molecule has 2 rings (SSSR count). The van der Waals surface area contributed by atoms with Crippen LogP contribution in [-0.2, 0) is 0 Å². The molecule has 0 aromatic carbocycles. The van der Waals surface area contributed by atoms with Crippen molar-refractivity contribution in [2.75, 3.05) is 0 Å². The van der Waals surface area contributed by atoms with Gasteiger partial charge in [-0.1, -0.05) is 0 Å². The van der Waals surface area contributed by atoms with Gasteiger partial charge >= 0.3 is 0 Å². The number of aryl methyl sites for hydroxylation is 1. The Morgan fingerprint density at radius 3 is 2.75 bits per heavy atom. The van der Waals surface area contributed by atoms with Crippen LogP contribution in [0.25, 0.3) is 0 Å². The summed E-state index contributed by atoms with van der Waals surface area (Å²) < 4.78 is 5.07. The first-order valence-corrected chi connectivity index (χ1v) is 6.25. The molecule has 2 aromatic heterocycles. The molecular weight excluding hydrogens is 220 g/mol. The number of hydrogen-bond donors (Lipinski definition) is 1. The van der Waals surface area contributed by atoms with E-state index < -0.39 is 0 Å². The van der Waals surface area contributed by atoms with E-state index in [1.807, 2.05) is 13.0 Å². The third-order valence-corrected chi connectivity index (χ3v) is 3.42. The molecule has 0 fully saturated rings. The molecule has 0 saturated heterocycles. The van der Waals surface area contributed by atoms with Crippen molar-refractivity contribution in [1.82, 2.24) is 10.3 Å². The monoisotopic (exact) mass is 236 g/mol. The summed E-state index contributed by atoms with van der Waals surface area (Å²) in [6.45, 7) is 6.28. The molecular formula is C12H16N2OS. The smallest absolute Gasteiger partial charge is 0.0950 e. The van der Waals surface area contributed by atoms with Crippen LogP contribution in [0.1, 0.15) is 42.2 Å². The molecule has 86 valence electrons. The molecule has 0 bridgehead atoms. The Labute approximate surface area is 99.5 Å². The fourth-order valence-electron chi connectivity index (χ4n) is 1.66. The highest BCUT2D eigenvalue weighted by Gasteiger charge is 2.13. The number of rotatable bonds is 4. The standard InChI is InChI=1S/C12H16N2OS/c1-8(11-4-5-15-6-11)13-9(2)12-7-16-10(3)14-12/h4-9,13H,1-3H3. The van der Waals surface area contributed by atoms with Gasteiger partial charge in [0.1, 0.15) is 0 Å². The van der Waals surface area contributed by atoms with E-state index in [0.717, 1.165) is 10.7 Å². The van der Waals surface area contributed by atoms with Gasteiger partial charge in [-0.2, -0.15) is 0 Å². The van der Waals surface area contributed by atoms with Crippen LogP contribution < -0.4 is 5.32 Å². The Kier molecular flexibility index (Phi) is 3.41. The maximum atomic E-state index is 5.07. The van der Waals surface area contributed by atoms with E-state index in [0.29, 0.717) is 0 Å². The molecule has 0 spiro atoms. The summed E-state index contributed by atoms with van der Waals surface area (Å²) in [6, 6.07) is 2.52. The number of hydrogen-bond acceptors (Lipinski definition) is 4. The maximum absolute atomic E-state index is 5.07. The van der Waals surface area contributed by atoms with Crippen molar-refractivity contribution in [1.29, 1.82) is 0 Å². The Morgan fingerprint density at radius 2 is 2.19 bits per heavy atom. The maximum Gasteiger partial charge on any atom is 0.0950 e. The van der Waals surface area contributed by atoms with Gasteiger partial charge in [0.25, 0.3) is 0 Å². The number of aromatic nitrogens is 1. The van der Waals surface area contributed by atoms with Gasteiger partial charge in [0, 0.05) is 23.0 Å².